The number of pyridine rings is 1. The van der Waals surface area contributed by atoms with E-state index < -0.39 is 5.41 Å². The lowest BCUT2D eigenvalue weighted by Crippen LogP contribution is -2.41. The third-order valence-corrected chi connectivity index (χ3v) is 5.40. The molecule has 8 heteroatoms. The summed E-state index contributed by atoms with van der Waals surface area (Å²) < 4.78 is 0. The van der Waals surface area contributed by atoms with Gasteiger partial charge in [-0.1, -0.05) is 30.7 Å². The van der Waals surface area contributed by atoms with Crippen molar-refractivity contribution >= 4 is 17.7 Å². The number of aromatic nitrogens is 3. The minimum Gasteiger partial charge on any atom is -0.578 e. The zero-order chi connectivity index (χ0) is 20.4. The minimum absolute atomic E-state index is 0.112. The van der Waals surface area contributed by atoms with Crippen LogP contribution in [0.15, 0.2) is 64.8 Å². The maximum Gasteiger partial charge on any atom is 0.371 e. The van der Waals surface area contributed by atoms with Gasteiger partial charge in [0.1, 0.15) is 5.84 Å². The molecule has 8 nitrogen and oxygen atoms in total. The number of hydrogen-bond donors (Lipinski definition) is 3. The number of anilines is 1. The van der Waals surface area contributed by atoms with Gasteiger partial charge in [0, 0.05) is 24.2 Å². The Kier molecular flexibility index (Phi) is 4.67. The van der Waals surface area contributed by atoms with Gasteiger partial charge in [0.2, 0.25) is 5.95 Å². The van der Waals surface area contributed by atoms with Crippen molar-refractivity contribution in [2.75, 3.05) is 5.73 Å². The van der Waals surface area contributed by atoms with Crippen molar-refractivity contribution in [3.63, 3.8) is 0 Å². The van der Waals surface area contributed by atoms with Gasteiger partial charge in [-0.05, 0) is 36.1 Å². The highest BCUT2D eigenvalue weighted by Gasteiger charge is 2.43. The fraction of sp³-hybridized carbons (Fsp3) is 0.190. The second kappa shape index (κ2) is 7.31. The molecule has 1 aliphatic rings. The number of nitrogen functional groups attached to an aromatic ring is 1. The van der Waals surface area contributed by atoms with Gasteiger partial charge >= 0.3 is 5.90 Å². The maximum atomic E-state index is 11.9. The van der Waals surface area contributed by atoms with Crippen LogP contribution in [0.5, 0.6) is 0 Å². The molecule has 0 saturated heterocycles. The van der Waals surface area contributed by atoms with E-state index >= 15 is 0 Å². The van der Waals surface area contributed by atoms with Gasteiger partial charge in [-0.2, -0.15) is 0 Å². The van der Waals surface area contributed by atoms with Gasteiger partial charge in [0.05, 0.1) is 5.41 Å². The number of aromatic amines is 1. The van der Waals surface area contributed by atoms with Crippen LogP contribution in [0.2, 0.25) is 0 Å². The Hall–Kier alpha value is -3.81. The van der Waals surface area contributed by atoms with E-state index in [1.54, 1.807) is 18.5 Å². The number of benzene rings is 1. The Balaban J connectivity index is 1.63. The summed E-state index contributed by atoms with van der Waals surface area (Å²) in [6.45, 7) is 0. The van der Waals surface area contributed by atoms with Crippen LogP contribution in [0.25, 0.3) is 11.1 Å². The summed E-state index contributed by atoms with van der Waals surface area (Å²) in [5.41, 5.74) is 7.58. The number of aliphatic imine (C=N–C) groups is 1. The van der Waals surface area contributed by atoms with Gasteiger partial charge in [-0.15, -0.1) is 4.99 Å². The highest BCUT2D eigenvalue weighted by Crippen LogP contribution is 2.45. The molecule has 6 N–H and O–H groups in total. The normalized spacial score (nSPS) is 15.5. The van der Waals surface area contributed by atoms with Crippen molar-refractivity contribution in [2.45, 2.75) is 24.7 Å². The molecule has 4 rings (SSSR count). The second-order valence-electron chi connectivity index (χ2n) is 7.06. The highest BCUT2D eigenvalue weighted by atomic mass is 16.3. The molecule has 0 atom stereocenters. The topological polar surface area (TPSA) is 144 Å². The van der Waals surface area contributed by atoms with E-state index in [0.717, 1.165) is 36.0 Å². The standard InChI is InChI=1S/C21H20N6O2/c22-19(27-18(29)16-3-1-10-24-17(16)28)21(8-2-9-21)15-6-4-13(5-7-15)14-11-25-20(23)26-12-14/h1,3-7,10-12H,2,8-9H2,(H,24,28)(H2,22,27,29)(H2,23,25,26)/p+1. The second-order valence-corrected chi connectivity index (χ2v) is 7.06. The van der Waals surface area contributed by atoms with Crippen LogP contribution in [-0.4, -0.2) is 31.8 Å². The Morgan fingerprint density at radius 3 is 2.41 bits per heavy atom. The number of nitrogens with zero attached hydrogens (tertiary/aromatic N) is 3. The molecule has 1 aliphatic carbocycles. The van der Waals surface area contributed by atoms with E-state index in [1.807, 2.05) is 24.3 Å². The smallest absolute Gasteiger partial charge is 0.371 e. The van der Waals surface area contributed by atoms with E-state index in [2.05, 4.69) is 19.9 Å². The average molecular weight is 389 g/mol. The van der Waals surface area contributed by atoms with E-state index in [0.29, 0.717) is 0 Å². The van der Waals surface area contributed by atoms with Crippen LogP contribution in [0.4, 0.5) is 5.95 Å². The fourth-order valence-electron chi connectivity index (χ4n) is 3.55. The summed E-state index contributed by atoms with van der Waals surface area (Å²) in [5, 5.41) is 16.7. The molecule has 146 valence electrons. The maximum absolute atomic E-state index is 11.9. The summed E-state index contributed by atoms with van der Waals surface area (Å²) in [6, 6.07) is 11.1. The van der Waals surface area contributed by atoms with Crippen molar-refractivity contribution in [2.24, 2.45) is 4.99 Å². The SMILES string of the molecule is N=C(N=C([OH2+])c1ccc[nH]c1=O)C1(c2ccc(-c3cnc(N)nc3)cc2)CCC1. The summed E-state index contributed by atoms with van der Waals surface area (Å²) in [5.74, 6) is 0.146. The first-order valence-electron chi connectivity index (χ1n) is 9.25. The van der Waals surface area contributed by atoms with E-state index in [9.17, 15) is 4.79 Å². The Morgan fingerprint density at radius 1 is 1.14 bits per heavy atom. The van der Waals surface area contributed by atoms with E-state index in [-0.39, 0.29) is 28.8 Å². The van der Waals surface area contributed by atoms with Crippen molar-refractivity contribution in [1.82, 2.24) is 15.0 Å². The first-order chi connectivity index (χ1) is 14.0. The lowest BCUT2D eigenvalue weighted by molar-refractivity contribution is 0.336. The number of hydrogen-bond acceptors (Lipinski definition) is 5. The molecular weight excluding hydrogens is 368 g/mol. The Bertz CT molecular complexity index is 1130. The van der Waals surface area contributed by atoms with Crippen molar-refractivity contribution in [1.29, 1.82) is 5.41 Å². The van der Waals surface area contributed by atoms with Gasteiger partial charge in [0.15, 0.2) is 5.56 Å². The van der Waals surface area contributed by atoms with Crippen LogP contribution in [0.3, 0.4) is 0 Å². The number of nitrogens with one attached hydrogen (secondary N) is 2. The summed E-state index contributed by atoms with van der Waals surface area (Å²) in [6.07, 6.45) is 7.42. The summed E-state index contributed by atoms with van der Waals surface area (Å²) >= 11 is 0. The number of rotatable bonds is 4. The lowest BCUT2D eigenvalue weighted by Gasteiger charge is -2.41. The number of H-pyrrole nitrogens is 1. The predicted octanol–water partition coefficient (Wildman–Crippen LogP) is 1.98. The van der Waals surface area contributed by atoms with E-state index in [1.165, 1.54) is 12.3 Å². The molecule has 0 radical (unpaired) electrons. The summed E-state index contributed by atoms with van der Waals surface area (Å²) in [7, 11) is 0. The number of nitrogens with two attached hydrogens (primary N) is 1. The molecule has 1 fully saturated rings. The average Bonchev–Trinajstić information content (AvgIpc) is 2.68. The van der Waals surface area contributed by atoms with Crippen molar-refractivity contribution in [3.05, 3.63) is 76.5 Å². The predicted molar refractivity (Wildman–Crippen MR) is 112 cm³/mol. The van der Waals surface area contributed by atoms with Crippen molar-refractivity contribution in [3.8, 4) is 11.1 Å². The lowest BCUT2D eigenvalue weighted by atomic mass is 9.63. The molecule has 1 aromatic carbocycles. The molecule has 29 heavy (non-hydrogen) atoms. The third kappa shape index (κ3) is 3.40. The molecule has 0 aliphatic heterocycles. The first-order valence-corrected chi connectivity index (χ1v) is 9.25. The first kappa shape index (κ1) is 18.5. The molecule has 0 bridgehead atoms. The van der Waals surface area contributed by atoms with Crippen LogP contribution in [0.1, 0.15) is 30.4 Å². The Labute approximate surface area is 166 Å². The van der Waals surface area contributed by atoms with Crippen LogP contribution in [0, 0.1) is 5.41 Å². The van der Waals surface area contributed by atoms with Gasteiger partial charge in [-0.3, -0.25) is 10.2 Å². The minimum atomic E-state index is -0.524. The zero-order valence-electron chi connectivity index (χ0n) is 15.6. The summed E-state index contributed by atoms with van der Waals surface area (Å²) in [4.78, 5) is 26.6. The van der Waals surface area contributed by atoms with Crippen LogP contribution >= 0.6 is 0 Å². The molecular formula is C21H21N6O2+. The molecule has 2 heterocycles. The quantitative estimate of drug-likeness (QED) is 0.356. The molecule has 0 amide bonds. The van der Waals surface area contributed by atoms with E-state index in [4.69, 9.17) is 16.2 Å². The highest BCUT2D eigenvalue weighted by molar-refractivity contribution is 6.04. The van der Waals surface area contributed by atoms with Gasteiger partial charge in [0.25, 0.3) is 5.56 Å². The monoisotopic (exact) mass is 389 g/mol. The van der Waals surface area contributed by atoms with Gasteiger partial charge in [-0.25, -0.2) is 9.97 Å². The molecule has 3 aromatic rings. The van der Waals surface area contributed by atoms with Crippen LogP contribution < -0.4 is 11.3 Å². The van der Waals surface area contributed by atoms with Crippen LogP contribution in [-0.2, 0) is 5.41 Å². The largest absolute Gasteiger partial charge is 0.578 e. The Morgan fingerprint density at radius 2 is 1.83 bits per heavy atom. The molecule has 0 spiro atoms. The molecule has 1 saturated carbocycles. The molecule has 0 unspecified atom stereocenters. The number of amidine groups is 1. The van der Waals surface area contributed by atoms with Crippen molar-refractivity contribution < 1.29 is 5.11 Å². The fourth-order valence-corrected chi connectivity index (χ4v) is 3.55. The zero-order valence-corrected chi connectivity index (χ0v) is 15.6. The third-order valence-electron chi connectivity index (χ3n) is 5.40. The van der Waals surface area contributed by atoms with Gasteiger partial charge < -0.3 is 15.8 Å². The molecule has 2 aromatic heterocycles.